The fourth-order valence-electron chi connectivity index (χ4n) is 2.21. The van der Waals surface area contributed by atoms with Gasteiger partial charge in [-0.3, -0.25) is 0 Å². The van der Waals surface area contributed by atoms with E-state index in [0.29, 0.717) is 25.6 Å². The highest BCUT2D eigenvalue weighted by Crippen LogP contribution is 2.22. The van der Waals surface area contributed by atoms with Crippen LogP contribution in [0.4, 0.5) is 0 Å². The van der Waals surface area contributed by atoms with Crippen molar-refractivity contribution in [2.45, 2.75) is 17.9 Å². The maximum Gasteiger partial charge on any atom is 0.262 e. The molecule has 6 nitrogen and oxygen atoms in total. The first kappa shape index (κ1) is 13.5. The van der Waals surface area contributed by atoms with Crippen molar-refractivity contribution in [2.75, 3.05) is 26.8 Å². The summed E-state index contributed by atoms with van der Waals surface area (Å²) in [5.74, 6) is 0.463. The number of rotatable bonds is 4. The summed E-state index contributed by atoms with van der Waals surface area (Å²) in [6.07, 6.45) is 4.74. The monoisotopic (exact) mass is 273 g/mol. The Labute approximate surface area is 108 Å². The quantitative estimate of drug-likeness (QED) is 0.800. The van der Waals surface area contributed by atoms with Gasteiger partial charge in [0.1, 0.15) is 0 Å². The van der Waals surface area contributed by atoms with Gasteiger partial charge in [0.05, 0.1) is 6.33 Å². The molecule has 7 heteroatoms. The molecule has 102 valence electrons. The Balaban J connectivity index is 2.05. The van der Waals surface area contributed by atoms with Crippen molar-refractivity contribution in [1.82, 2.24) is 13.9 Å². The van der Waals surface area contributed by atoms with E-state index in [1.807, 2.05) is 0 Å². The van der Waals surface area contributed by atoms with Gasteiger partial charge in [0, 0.05) is 40.1 Å². The number of sulfonamides is 1. The van der Waals surface area contributed by atoms with E-state index in [9.17, 15) is 8.42 Å². The zero-order valence-electron chi connectivity index (χ0n) is 10.7. The van der Waals surface area contributed by atoms with Crippen LogP contribution in [0.3, 0.4) is 0 Å². The number of hydrogen-bond acceptors (Lipinski definition) is 4. The SMILES string of the molecule is COCC1CCN(S(=O)(=O)c2cn(C)cn2)CC1. The summed E-state index contributed by atoms with van der Waals surface area (Å²) in [5, 5.41) is 0.134. The molecule has 0 amide bonds. The molecule has 0 unspecified atom stereocenters. The van der Waals surface area contributed by atoms with E-state index in [1.165, 1.54) is 16.8 Å². The Morgan fingerprint density at radius 3 is 2.61 bits per heavy atom. The largest absolute Gasteiger partial charge is 0.384 e. The second kappa shape index (κ2) is 5.38. The molecular formula is C11H19N3O3S. The molecule has 1 saturated heterocycles. The Kier molecular flexibility index (Phi) is 4.04. The van der Waals surface area contributed by atoms with Crippen LogP contribution in [0.15, 0.2) is 17.6 Å². The fourth-order valence-corrected chi connectivity index (χ4v) is 3.64. The molecule has 0 spiro atoms. The first-order valence-electron chi connectivity index (χ1n) is 6.01. The maximum absolute atomic E-state index is 12.3. The van der Waals surface area contributed by atoms with Gasteiger partial charge >= 0.3 is 0 Å². The number of aryl methyl sites for hydroxylation is 1. The predicted octanol–water partition coefficient (Wildman–Crippen LogP) is 0.467. The second-order valence-corrected chi connectivity index (χ2v) is 6.56. The lowest BCUT2D eigenvalue weighted by Gasteiger charge is -2.30. The van der Waals surface area contributed by atoms with E-state index in [2.05, 4.69) is 4.98 Å². The highest BCUT2D eigenvalue weighted by Gasteiger charge is 2.30. The van der Waals surface area contributed by atoms with Crippen molar-refractivity contribution >= 4 is 10.0 Å². The minimum absolute atomic E-state index is 0.134. The van der Waals surface area contributed by atoms with Gasteiger partial charge in [-0.2, -0.15) is 4.31 Å². The normalized spacial score (nSPS) is 19.2. The highest BCUT2D eigenvalue weighted by atomic mass is 32.2. The first-order valence-corrected chi connectivity index (χ1v) is 7.45. The van der Waals surface area contributed by atoms with Gasteiger partial charge in [-0.1, -0.05) is 0 Å². The summed E-state index contributed by atoms with van der Waals surface area (Å²) in [5.41, 5.74) is 0. The van der Waals surface area contributed by atoms with Gasteiger partial charge in [-0.15, -0.1) is 0 Å². The van der Waals surface area contributed by atoms with E-state index in [1.54, 1.807) is 18.7 Å². The lowest BCUT2D eigenvalue weighted by atomic mass is 9.99. The van der Waals surface area contributed by atoms with E-state index in [0.717, 1.165) is 12.8 Å². The summed E-state index contributed by atoms with van der Waals surface area (Å²) in [6, 6.07) is 0. The van der Waals surface area contributed by atoms with Crippen LogP contribution >= 0.6 is 0 Å². The topological polar surface area (TPSA) is 64.4 Å². The van der Waals surface area contributed by atoms with Crippen molar-refractivity contribution in [3.8, 4) is 0 Å². The van der Waals surface area contributed by atoms with Gasteiger partial charge < -0.3 is 9.30 Å². The van der Waals surface area contributed by atoms with Gasteiger partial charge in [0.15, 0.2) is 5.03 Å². The zero-order chi connectivity index (χ0) is 13.2. The lowest BCUT2D eigenvalue weighted by molar-refractivity contribution is 0.121. The third kappa shape index (κ3) is 2.73. The van der Waals surface area contributed by atoms with Crippen LogP contribution < -0.4 is 0 Å². The summed E-state index contributed by atoms with van der Waals surface area (Å²) in [4.78, 5) is 3.93. The number of nitrogens with zero attached hydrogens (tertiary/aromatic N) is 3. The standard InChI is InChI=1S/C11H19N3O3S/c1-13-7-11(12-9-13)18(15,16)14-5-3-10(4-6-14)8-17-2/h7,9-10H,3-6,8H2,1-2H3. The molecule has 0 aliphatic carbocycles. The van der Waals surface area contributed by atoms with E-state index < -0.39 is 10.0 Å². The van der Waals surface area contributed by atoms with Gasteiger partial charge in [-0.25, -0.2) is 13.4 Å². The number of piperidine rings is 1. The molecule has 0 saturated carbocycles. The molecule has 2 rings (SSSR count). The van der Waals surface area contributed by atoms with E-state index in [-0.39, 0.29) is 5.03 Å². The number of methoxy groups -OCH3 is 1. The Bertz CT molecular complexity index is 489. The summed E-state index contributed by atoms with van der Waals surface area (Å²) in [6.45, 7) is 1.80. The number of hydrogen-bond donors (Lipinski definition) is 0. The molecule has 0 aromatic carbocycles. The Morgan fingerprint density at radius 1 is 1.44 bits per heavy atom. The van der Waals surface area contributed by atoms with Crippen molar-refractivity contribution in [3.05, 3.63) is 12.5 Å². The highest BCUT2D eigenvalue weighted by molar-refractivity contribution is 7.89. The third-order valence-corrected chi connectivity index (χ3v) is 5.05. The molecule has 1 aromatic rings. The maximum atomic E-state index is 12.3. The van der Waals surface area contributed by atoms with E-state index >= 15 is 0 Å². The predicted molar refractivity (Wildman–Crippen MR) is 66.6 cm³/mol. The molecule has 0 atom stereocenters. The summed E-state index contributed by atoms with van der Waals surface area (Å²) in [7, 11) is 0.0193. The van der Waals surface area contributed by atoms with Crippen LogP contribution in [0.5, 0.6) is 0 Å². The van der Waals surface area contributed by atoms with Crippen molar-refractivity contribution in [2.24, 2.45) is 13.0 Å². The minimum atomic E-state index is -3.42. The molecule has 1 aliphatic heterocycles. The smallest absolute Gasteiger partial charge is 0.262 e. The summed E-state index contributed by atoms with van der Waals surface area (Å²) < 4.78 is 32.8. The molecule has 1 fully saturated rings. The third-order valence-electron chi connectivity index (χ3n) is 3.26. The first-order chi connectivity index (χ1) is 8.54. The van der Waals surface area contributed by atoms with Crippen LogP contribution in [0.1, 0.15) is 12.8 Å². The van der Waals surface area contributed by atoms with Crippen LogP contribution in [0.2, 0.25) is 0 Å². The van der Waals surface area contributed by atoms with Crippen LogP contribution in [-0.2, 0) is 21.8 Å². The zero-order valence-corrected chi connectivity index (χ0v) is 11.6. The van der Waals surface area contributed by atoms with Crippen molar-refractivity contribution in [3.63, 3.8) is 0 Å². The van der Waals surface area contributed by atoms with Crippen molar-refractivity contribution in [1.29, 1.82) is 0 Å². The lowest BCUT2D eigenvalue weighted by Crippen LogP contribution is -2.39. The van der Waals surface area contributed by atoms with Gasteiger partial charge in [0.25, 0.3) is 10.0 Å². The molecule has 0 radical (unpaired) electrons. The average Bonchev–Trinajstić information content (AvgIpc) is 2.78. The molecular weight excluding hydrogens is 254 g/mol. The fraction of sp³-hybridized carbons (Fsp3) is 0.727. The average molecular weight is 273 g/mol. The molecule has 1 aliphatic rings. The van der Waals surface area contributed by atoms with Crippen LogP contribution in [0, 0.1) is 5.92 Å². The molecule has 0 bridgehead atoms. The molecule has 18 heavy (non-hydrogen) atoms. The molecule has 2 heterocycles. The molecule has 0 N–H and O–H groups in total. The van der Waals surface area contributed by atoms with Crippen molar-refractivity contribution < 1.29 is 13.2 Å². The Hall–Kier alpha value is -0.920. The van der Waals surface area contributed by atoms with Gasteiger partial charge in [-0.05, 0) is 18.8 Å². The number of imidazole rings is 1. The van der Waals surface area contributed by atoms with Gasteiger partial charge in [0.2, 0.25) is 0 Å². The van der Waals surface area contributed by atoms with E-state index in [4.69, 9.17) is 4.74 Å². The second-order valence-electron chi connectivity index (χ2n) is 4.68. The molecule has 1 aromatic heterocycles. The minimum Gasteiger partial charge on any atom is -0.384 e. The Morgan fingerprint density at radius 2 is 2.11 bits per heavy atom. The van der Waals surface area contributed by atoms with Crippen LogP contribution in [0.25, 0.3) is 0 Å². The summed E-state index contributed by atoms with van der Waals surface area (Å²) >= 11 is 0. The van der Waals surface area contributed by atoms with Crippen LogP contribution in [-0.4, -0.2) is 49.1 Å². The number of ether oxygens (including phenoxy) is 1. The number of aromatic nitrogens is 2.